The summed E-state index contributed by atoms with van der Waals surface area (Å²) in [7, 11) is 0. The van der Waals surface area contributed by atoms with Gasteiger partial charge in [-0.15, -0.1) is 11.8 Å². The van der Waals surface area contributed by atoms with Gasteiger partial charge >= 0.3 is 0 Å². The van der Waals surface area contributed by atoms with E-state index in [1.807, 2.05) is 17.0 Å². The van der Waals surface area contributed by atoms with Crippen molar-refractivity contribution in [2.75, 3.05) is 30.3 Å². The van der Waals surface area contributed by atoms with Gasteiger partial charge < -0.3 is 16.4 Å². The molecule has 5 heteroatoms. The molecule has 1 aromatic carbocycles. The molecule has 0 spiro atoms. The molecule has 0 saturated carbocycles. The zero-order chi connectivity index (χ0) is 12.3. The number of benzene rings is 1. The number of nitrogens with zero attached hydrogens (tertiary/aromatic N) is 1. The van der Waals surface area contributed by atoms with Crippen LogP contribution in [0.5, 0.6) is 0 Å². The Morgan fingerprint density at radius 3 is 2.59 bits per heavy atom. The van der Waals surface area contributed by atoms with Gasteiger partial charge in [0.1, 0.15) is 0 Å². The summed E-state index contributed by atoms with van der Waals surface area (Å²) in [4.78, 5) is 14.7. The number of nitrogens with two attached hydrogens (primary N) is 2. The highest BCUT2D eigenvalue weighted by molar-refractivity contribution is 8.00. The molecule has 92 valence electrons. The van der Waals surface area contributed by atoms with Crippen LogP contribution >= 0.6 is 11.8 Å². The minimum atomic E-state index is 0.211. The third-order valence-corrected chi connectivity index (χ3v) is 3.86. The highest BCUT2D eigenvalue weighted by Crippen LogP contribution is 2.25. The van der Waals surface area contributed by atoms with E-state index < -0.39 is 0 Å². The topological polar surface area (TPSA) is 72.4 Å². The second kappa shape index (κ2) is 5.31. The zero-order valence-electron chi connectivity index (χ0n) is 9.69. The van der Waals surface area contributed by atoms with Gasteiger partial charge in [0.15, 0.2) is 0 Å². The zero-order valence-corrected chi connectivity index (χ0v) is 10.5. The van der Waals surface area contributed by atoms with Gasteiger partial charge in [0.05, 0.1) is 17.1 Å². The first kappa shape index (κ1) is 12.1. The summed E-state index contributed by atoms with van der Waals surface area (Å²) in [5.41, 5.74) is 12.5. The number of nitrogen functional groups attached to an aromatic ring is 2. The highest BCUT2D eigenvalue weighted by atomic mass is 32.2. The van der Waals surface area contributed by atoms with Gasteiger partial charge in [-0.25, -0.2) is 0 Å². The molecule has 4 N–H and O–H groups in total. The Bertz CT molecular complexity index is 416. The van der Waals surface area contributed by atoms with Gasteiger partial charge in [0, 0.05) is 18.0 Å². The highest BCUT2D eigenvalue weighted by Gasteiger charge is 2.17. The van der Waals surface area contributed by atoms with Crippen molar-refractivity contribution in [3.05, 3.63) is 18.2 Å². The molecular weight excluding hydrogens is 234 g/mol. The van der Waals surface area contributed by atoms with E-state index in [-0.39, 0.29) is 5.91 Å². The predicted octanol–water partition coefficient (Wildman–Crippen LogP) is 1.57. The van der Waals surface area contributed by atoms with Crippen molar-refractivity contribution in [3.8, 4) is 0 Å². The first-order valence-corrected chi connectivity index (χ1v) is 6.71. The molecule has 0 aliphatic carbocycles. The lowest BCUT2D eigenvalue weighted by Crippen LogP contribution is -2.29. The Morgan fingerprint density at radius 1 is 1.24 bits per heavy atom. The van der Waals surface area contributed by atoms with Gasteiger partial charge in [0.2, 0.25) is 5.91 Å². The Hall–Kier alpha value is -1.36. The first-order valence-electron chi connectivity index (χ1n) is 5.72. The van der Waals surface area contributed by atoms with E-state index in [0.29, 0.717) is 17.1 Å². The lowest BCUT2D eigenvalue weighted by Gasteiger charge is -2.14. The molecule has 1 aliphatic rings. The number of anilines is 2. The van der Waals surface area contributed by atoms with Crippen LogP contribution in [0.2, 0.25) is 0 Å². The van der Waals surface area contributed by atoms with Crippen LogP contribution in [-0.4, -0.2) is 29.6 Å². The minimum absolute atomic E-state index is 0.211. The van der Waals surface area contributed by atoms with Crippen LogP contribution < -0.4 is 11.5 Å². The van der Waals surface area contributed by atoms with E-state index in [2.05, 4.69) is 0 Å². The van der Waals surface area contributed by atoms with Crippen LogP contribution in [0.3, 0.4) is 0 Å². The van der Waals surface area contributed by atoms with Crippen LogP contribution in [0, 0.1) is 0 Å². The average molecular weight is 251 g/mol. The van der Waals surface area contributed by atoms with Crippen LogP contribution in [0.25, 0.3) is 0 Å². The number of amides is 1. The molecule has 1 heterocycles. The van der Waals surface area contributed by atoms with E-state index >= 15 is 0 Å². The smallest absolute Gasteiger partial charge is 0.232 e. The third kappa shape index (κ3) is 3.06. The molecular formula is C12H17N3OS. The van der Waals surface area contributed by atoms with Crippen molar-refractivity contribution in [2.24, 2.45) is 0 Å². The lowest BCUT2D eigenvalue weighted by molar-refractivity contribution is -0.127. The Balaban J connectivity index is 1.88. The summed E-state index contributed by atoms with van der Waals surface area (Å²) in [6.07, 6.45) is 2.26. The molecule has 1 amide bonds. The number of likely N-dealkylation sites (tertiary alicyclic amines) is 1. The summed E-state index contributed by atoms with van der Waals surface area (Å²) in [5.74, 6) is 0.687. The first-order chi connectivity index (χ1) is 8.16. The summed E-state index contributed by atoms with van der Waals surface area (Å²) >= 11 is 1.51. The summed E-state index contributed by atoms with van der Waals surface area (Å²) < 4.78 is 0. The van der Waals surface area contributed by atoms with Crippen LogP contribution in [-0.2, 0) is 4.79 Å². The Labute approximate surface area is 105 Å². The normalized spacial score (nSPS) is 15.2. The van der Waals surface area contributed by atoms with Crippen LogP contribution in [0.15, 0.2) is 23.1 Å². The van der Waals surface area contributed by atoms with Gasteiger partial charge in [-0.2, -0.15) is 0 Å². The van der Waals surface area contributed by atoms with Crippen molar-refractivity contribution >= 4 is 29.0 Å². The second-order valence-electron chi connectivity index (χ2n) is 4.17. The van der Waals surface area contributed by atoms with E-state index in [1.54, 1.807) is 6.07 Å². The number of hydrogen-bond donors (Lipinski definition) is 2. The number of carbonyl (C=O) groups is 1. The van der Waals surface area contributed by atoms with Gasteiger partial charge in [-0.3, -0.25) is 4.79 Å². The quantitative estimate of drug-likeness (QED) is 0.632. The third-order valence-electron chi connectivity index (χ3n) is 2.88. The maximum absolute atomic E-state index is 11.8. The Kier molecular flexibility index (Phi) is 3.78. The minimum Gasteiger partial charge on any atom is -0.397 e. The molecule has 1 saturated heterocycles. The van der Waals surface area contributed by atoms with E-state index in [1.165, 1.54) is 11.8 Å². The molecule has 1 aliphatic heterocycles. The predicted molar refractivity (Wildman–Crippen MR) is 71.8 cm³/mol. The molecule has 4 nitrogen and oxygen atoms in total. The SMILES string of the molecule is Nc1ccc(SCC(=O)N2CCCC2)cc1N. The number of rotatable bonds is 3. The van der Waals surface area contributed by atoms with Crippen molar-refractivity contribution < 1.29 is 4.79 Å². The summed E-state index contributed by atoms with van der Waals surface area (Å²) in [6, 6.07) is 5.49. The molecule has 0 radical (unpaired) electrons. The maximum atomic E-state index is 11.8. The lowest BCUT2D eigenvalue weighted by atomic mass is 10.3. The van der Waals surface area contributed by atoms with Crippen molar-refractivity contribution in [2.45, 2.75) is 17.7 Å². The van der Waals surface area contributed by atoms with Gasteiger partial charge in [-0.1, -0.05) is 0 Å². The fraction of sp³-hybridized carbons (Fsp3) is 0.417. The van der Waals surface area contributed by atoms with Crippen molar-refractivity contribution in [3.63, 3.8) is 0 Å². The molecule has 1 fully saturated rings. The van der Waals surface area contributed by atoms with E-state index in [9.17, 15) is 4.79 Å². The molecule has 0 unspecified atom stereocenters. The molecule has 0 atom stereocenters. The number of carbonyl (C=O) groups excluding carboxylic acids is 1. The summed E-state index contributed by atoms with van der Waals surface area (Å²) in [6.45, 7) is 1.81. The molecule has 2 rings (SSSR count). The van der Waals surface area contributed by atoms with E-state index in [4.69, 9.17) is 11.5 Å². The van der Waals surface area contributed by atoms with Crippen LogP contribution in [0.4, 0.5) is 11.4 Å². The van der Waals surface area contributed by atoms with Crippen LogP contribution in [0.1, 0.15) is 12.8 Å². The number of hydrogen-bond acceptors (Lipinski definition) is 4. The van der Waals surface area contributed by atoms with E-state index in [0.717, 1.165) is 30.8 Å². The largest absolute Gasteiger partial charge is 0.397 e. The molecule has 0 bridgehead atoms. The standard InChI is InChI=1S/C12H17N3OS/c13-10-4-3-9(7-11(10)14)17-8-12(16)15-5-1-2-6-15/h3-4,7H,1-2,5-6,8,13-14H2. The fourth-order valence-corrected chi connectivity index (χ4v) is 2.69. The van der Waals surface area contributed by atoms with Crippen molar-refractivity contribution in [1.29, 1.82) is 0 Å². The molecule has 1 aromatic rings. The summed E-state index contributed by atoms with van der Waals surface area (Å²) in [5, 5.41) is 0. The van der Waals surface area contributed by atoms with Gasteiger partial charge in [0.25, 0.3) is 0 Å². The average Bonchev–Trinajstić information content (AvgIpc) is 2.84. The maximum Gasteiger partial charge on any atom is 0.232 e. The number of thioether (sulfide) groups is 1. The molecule has 0 aromatic heterocycles. The monoisotopic (exact) mass is 251 g/mol. The molecule has 17 heavy (non-hydrogen) atoms. The second-order valence-corrected chi connectivity index (χ2v) is 5.22. The fourth-order valence-electron chi connectivity index (χ4n) is 1.85. The van der Waals surface area contributed by atoms with Gasteiger partial charge in [-0.05, 0) is 31.0 Å². The van der Waals surface area contributed by atoms with Crippen molar-refractivity contribution in [1.82, 2.24) is 4.90 Å². The Morgan fingerprint density at radius 2 is 1.94 bits per heavy atom.